The van der Waals surface area contributed by atoms with Gasteiger partial charge in [-0.25, -0.2) is 0 Å². The lowest BCUT2D eigenvalue weighted by atomic mass is 9.96. The highest BCUT2D eigenvalue weighted by Crippen LogP contribution is 2.47. The molecule has 3 aromatic heterocycles. The molecule has 0 radical (unpaired) electrons. The van der Waals surface area contributed by atoms with Gasteiger partial charge in [-0.2, -0.15) is 10.5 Å². The number of furan rings is 1. The zero-order chi connectivity index (χ0) is 28.7. The number of para-hydroxylation sites is 3. The van der Waals surface area contributed by atoms with Crippen molar-refractivity contribution in [2.24, 2.45) is 0 Å². The van der Waals surface area contributed by atoms with E-state index in [1.54, 1.807) is 11.3 Å². The molecule has 0 bridgehead atoms. The van der Waals surface area contributed by atoms with Gasteiger partial charge in [0.1, 0.15) is 17.2 Å². The average Bonchev–Trinajstić information content (AvgIpc) is 3.74. The van der Waals surface area contributed by atoms with E-state index in [0.29, 0.717) is 11.1 Å². The van der Waals surface area contributed by atoms with Crippen molar-refractivity contribution in [3.05, 3.63) is 126 Å². The summed E-state index contributed by atoms with van der Waals surface area (Å²) in [7, 11) is 0. The van der Waals surface area contributed by atoms with Crippen LogP contribution in [0, 0.1) is 22.7 Å². The smallest absolute Gasteiger partial charge is 0.143 e. The van der Waals surface area contributed by atoms with Crippen LogP contribution in [-0.2, 0) is 0 Å². The Balaban J connectivity index is 1.40. The van der Waals surface area contributed by atoms with E-state index in [4.69, 9.17) is 4.42 Å². The van der Waals surface area contributed by atoms with Gasteiger partial charge in [0.25, 0.3) is 0 Å². The topological polar surface area (TPSA) is 65.7 Å². The van der Waals surface area contributed by atoms with E-state index >= 15 is 0 Å². The third-order valence-electron chi connectivity index (χ3n) is 8.48. The zero-order valence-corrected chi connectivity index (χ0v) is 23.4. The number of aromatic nitrogens is 1. The molecule has 6 aromatic carbocycles. The maximum absolute atomic E-state index is 10.2. The van der Waals surface area contributed by atoms with E-state index in [0.717, 1.165) is 80.7 Å². The first-order valence-electron chi connectivity index (χ1n) is 14.0. The van der Waals surface area contributed by atoms with Crippen LogP contribution >= 0.6 is 11.3 Å². The molecule has 0 fully saturated rings. The van der Waals surface area contributed by atoms with Gasteiger partial charge in [0.05, 0.1) is 43.3 Å². The third kappa shape index (κ3) is 3.23. The molecule has 0 aliphatic carbocycles. The molecule has 4 nitrogen and oxygen atoms in total. The minimum absolute atomic E-state index is 0.638. The lowest BCUT2D eigenvalue weighted by Gasteiger charge is -2.10. The highest BCUT2D eigenvalue weighted by molar-refractivity contribution is 7.26. The number of nitriles is 2. The van der Waals surface area contributed by atoms with Gasteiger partial charge in [-0.3, -0.25) is 0 Å². The number of rotatable bonds is 2. The molecule has 0 spiro atoms. The summed E-state index contributed by atoms with van der Waals surface area (Å²) in [5.41, 5.74) is 8.22. The standard InChI is InChI=1S/C38H19N3OS/c39-20-22-15-18-32-30(19-22)24-7-1-3-12-31(24)41(32)33-13-6-11-29-35-26(17-16-23(21-40)37(35)43-38(29)33)28-10-5-9-27-25-8-2-4-14-34(25)42-36(27)28/h1-19H. The van der Waals surface area contributed by atoms with E-state index in [9.17, 15) is 10.5 Å². The normalized spacial score (nSPS) is 11.7. The van der Waals surface area contributed by atoms with E-state index < -0.39 is 0 Å². The second kappa shape index (κ2) is 8.81. The highest BCUT2D eigenvalue weighted by Gasteiger charge is 2.21. The average molecular weight is 566 g/mol. The second-order valence-corrected chi connectivity index (χ2v) is 11.7. The largest absolute Gasteiger partial charge is 0.455 e. The lowest BCUT2D eigenvalue weighted by molar-refractivity contribution is 0.670. The Labute approximate surface area is 249 Å². The number of fused-ring (bicyclic) bond motifs is 9. The summed E-state index contributed by atoms with van der Waals surface area (Å²) in [6.07, 6.45) is 0. The first-order valence-corrected chi connectivity index (χ1v) is 14.8. The van der Waals surface area contributed by atoms with Gasteiger partial charge in [0.2, 0.25) is 0 Å². The molecule has 9 rings (SSSR count). The molecule has 0 aliphatic heterocycles. The molecular weight excluding hydrogens is 547 g/mol. The molecule has 0 aliphatic rings. The van der Waals surface area contributed by atoms with Crippen molar-refractivity contribution in [3.8, 4) is 29.0 Å². The molecule has 0 unspecified atom stereocenters. The van der Waals surface area contributed by atoms with Crippen molar-refractivity contribution in [2.45, 2.75) is 0 Å². The summed E-state index contributed by atoms with van der Waals surface area (Å²) >= 11 is 1.66. The number of benzene rings is 6. The molecule has 9 aromatic rings. The van der Waals surface area contributed by atoms with Crippen LogP contribution in [0.25, 0.3) is 80.7 Å². The summed E-state index contributed by atoms with van der Waals surface area (Å²) in [6, 6.07) is 43.8. The second-order valence-electron chi connectivity index (χ2n) is 10.7. The van der Waals surface area contributed by atoms with Gasteiger partial charge in [0.15, 0.2) is 0 Å². The van der Waals surface area contributed by atoms with Crippen molar-refractivity contribution < 1.29 is 4.42 Å². The van der Waals surface area contributed by atoms with Gasteiger partial charge in [-0.05, 0) is 48.0 Å². The minimum atomic E-state index is 0.638. The lowest BCUT2D eigenvalue weighted by Crippen LogP contribution is -1.93. The molecule has 3 heterocycles. The van der Waals surface area contributed by atoms with E-state index in [1.807, 2.05) is 54.6 Å². The molecule has 198 valence electrons. The Bertz CT molecular complexity index is 2710. The van der Waals surface area contributed by atoms with Crippen molar-refractivity contribution in [1.29, 1.82) is 10.5 Å². The van der Waals surface area contributed by atoms with Crippen molar-refractivity contribution in [1.82, 2.24) is 4.57 Å². The van der Waals surface area contributed by atoms with E-state index in [1.165, 1.54) is 0 Å². The van der Waals surface area contributed by atoms with E-state index in [2.05, 4.69) is 77.4 Å². The fourth-order valence-corrected chi connectivity index (χ4v) is 7.93. The van der Waals surface area contributed by atoms with Crippen molar-refractivity contribution >= 4 is 75.3 Å². The summed E-state index contributed by atoms with van der Waals surface area (Å²) in [4.78, 5) is 0. The minimum Gasteiger partial charge on any atom is -0.455 e. The molecule has 0 saturated heterocycles. The molecule has 0 amide bonds. The van der Waals surface area contributed by atoms with Crippen molar-refractivity contribution in [2.75, 3.05) is 0 Å². The van der Waals surface area contributed by atoms with Gasteiger partial charge < -0.3 is 8.98 Å². The Hall–Kier alpha value is -5.88. The number of hydrogen-bond acceptors (Lipinski definition) is 4. The van der Waals surface area contributed by atoms with Crippen LogP contribution < -0.4 is 0 Å². The van der Waals surface area contributed by atoms with Gasteiger partial charge in [-0.15, -0.1) is 11.3 Å². The fourth-order valence-electron chi connectivity index (χ4n) is 6.64. The molecule has 43 heavy (non-hydrogen) atoms. The first kappa shape index (κ1) is 23.8. The predicted octanol–water partition coefficient (Wildman–Crippen LogP) is 10.5. The molecular formula is C38H19N3OS. The van der Waals surface area contributed by atoms with Crippen LogP contribution in [0.15, 0.2) is 120 Å². The predicted molar refractivity (Wildman–Crippen MR) is 176 cm³/mol. The summed E-state index contributed by atoms with van der Waals surface area (Å²) in [5, 5.41) is 26.2. The number of nitrogens with zero attached hydrogens (tertiary/aromatic N) is 3. The van der Waals surface area contributed by atoms with Crippen LogP contribution in [0.4, 0.5) is 0 Å². The zero-order valence-electron chi connectivity index (χ0n) is 22.6. The Morgan fingerprint density at radius 1 is 0.581 bits per heavy atom. The third-order valence-corrected chi connectivity index (χ3v) is 9.74. The summed E-state index contributed by atoms with van der Waals surface area (Å²) in [6.45, 7) is 0. The van der Waals surface area contributed by atoms with Crippen LogP contribution in [0.1, 0.15) is 11.1 Å². The molecule has 0 atom stereocenters. The SMILES string of the molecule is N#Cc1ccc2c(c1)c1ccccc1n2-c1cccc2c1sc1c(C#N)ccc(-c3cccc4c3oc3ccccc34)c12. The maximum Gasteiger partial charge on any atom is 0.143 e. The Morgan fingerprint density at radius 3 is 2.23 bits per heavy atom. The van der Waals surface area contributed by atoms with Gasteiger partial charge in [-0.1, -0.05) is 72.8 Å². The number of hydrogen-bond donors (Lipinski definition) is 0. The van der Waals surface area contributed by atoms with E-state index in [-0.39, 0.29) is 0 Å². The van der Waals surface area contributed by atoms with Crippen molar-refractivity contribution in [3.63, 3.8) is 0 Å². The Morgan fingerprint density at radius 2 is 1.35 bits per heavy atom. The quantitative estimate of drug-likeness (QED) is 0.209. The van der Waals surface area contributed by atoms with Crippen LogP contribution in [0.5, 0.6) is 0 Å². The van der Waals surface area contributed by atoms with Gasteiger partial charge >= 0.3 is 0 Å². The monoisotopic (exact) mass is 565 g/mol. The van der Waals surface area contributed by atoms with Crippen LogP contribution in [-0.4, -0.2) is 4.57 Å². The number of thiophene rings is 1. The molecule has 5 heteroatoms. The summed E-state index contributed by atoms with van der Waals surface area (Å²) in [5.74, 6) is 0. The molecule has 0 N–H and O–H groups in total. The molecule has 0 saturated carbocycles. The maximum atomic E-state index is 10.2. The van der Waals surface area contributed by atoms with Crippen LogP contribution in [0.3, 0.4) is 0 Å². The first-order chi connectivity index (χ1) is 21.2. The summed E-state index contributed by atoms with van der Waals surface area (Å²) < 4.78 is 10.8. The van der Waals surface area contributed by atoms with Crippen LogP contribution in [0.2, 0.25) is 0 Å². The fraction of sp³-hybridized carbons (Fsp3) is 0. The van der Waals surface area contributed by atoms with Gasteiger partial charge in [0, 0.05) is 37.9 Å². The highest BCUT2D eigenvalue weighted by atomic mass is 32.1. The Kier molecular flexibility index (Phi) is 4.87.